The summed E-state index contributed by atoms with van der Waals surface area (Å²) in [5.41, 5.74) is 6.60. The predicted molar refractivity (Wildman–Crippen MR) is 67.7 cm³/mol. The maximum absolute atomic E-state index is 12.0. The quantitative estimate of drug-likeness (QED) is 0.868. The molecule has 1 atom stereocenters. The number of rotatable bonds is 6. The number of nitrogens with zero attached hydrogens (tertiary/aromatic N) is 1. The molecule has 6 heteroatoms. The number of halogens is 3. The van der Waals surface area contributed by atoms with Gasteiger partial charge < -0.3 is 15.4 Å². The highest BCUT2D eigenvalue weighted by Crippen LogP contribution is 2.22. The maximum atomic E-state index is 12.0. The molecular weight excluding hydrogens is 257 g/mol. The summed E-state index contributed by atoms with van der Waals surface area (Å²) < 4.78 is 39.8. The second-order valence-electron chi connectivity index (χ2n) is 4.70. The average Bonchev–Trinajstić information content (AvgIpc) is 2.27. The zero-order valence-electron chi connectivity index (χ0n) is 11.1. The number of nitrogens with two attached hydrogens (primary N) is 1. The topological polar surface area (TPSA) is 38.5 Å². The van der Waals surface area contributed by atoms with Gasteiger partial charge in [-0.3, -0.25) is 0 Å². The highest BCUT2D eigenvalue weighted by atomic mass is 19.4. The van der Waals surface area contributed by atoms with Gasteiger partial charge in [-0.25, -0.2) is 0 Å². The molecule has 19 heavy (non-hydrogen) atoms. The molecule has 0 heterocycles. The van der Waals surface area contributed by atoms with Crippen molar-refractivity contribution in [3.8, 4) is 5.75 Å². The molecule has 1 rings (SSSR count). The van der Waals surface area contributed by atoms with Crippen LogP contribution in [0, 0.1) is 0 Å². The first-order valence-corrected chi connectivity index (χ1v) is 6.05. The van der Waals surface area contributed by atoms with Gasteiger partial charge in [0.05, 0.1) is 0 Å². The van der Waals surface area contributed by atoms with E-state index in [9.17, 15) is 13.2 Å². The molecule has 0 spiro atoms. The van der Waals surface area contributed by atoms with E-state index in [2.05, 4.69) is 9.64 Å². The third-order valence-corrected chi connectivity index (χ3v) is 2.58. The maximum Gasteiger partial charge on any atom is 0.573 e. The highest BCUT2D eigenvalue weighted by molar-refractivity contribution is 5.27. The van der Waals surface area contributed by atoms with Crippen LogP contribution >= 0.6 is 0 Å². The van der Waals surface area contributed by atoms with Gasteiger partial charge in [-0.1, -0.05) is 12.1 Å². The van der Waals surface area contributed by atoms with Crippen molar-refractivity contribution in [2.24, 2.45) is 5.73 Å². The molecule has 0 amide bonds. The standard InChI is InChI=1S/C13H19F3N2O/c1-10(17)7-8-18(2)9-11-3-5-12(6-4-11)19-13(14,15)16/h3-6,10H,7-9,17H2,1-2H3. The van der Waals surface area contributed by atoms with Crippen molar-refractivity contribution in [2.45, 2.75) is 32.3 Å². The van der Waals surface area contributed by atoms with Crippen molar-refractivity contribution in [1.82, 2.24) is 4.90 Å². The molecule has 0 fully saturated rings. The lowest BCUT2D eigenvalue weighted by molar-refractivity contribution is -0.274. The molecule has 0 aromatic heterocycles. The minimum atomic E-state index is -4.64. The summed E-state index contributed by atoms with van der Waals surface area (Å²) in [6.45, 7) is 3.45. The van der Waals surface area contributed by atoms with E-state index in [4.69, 9.17) is 5.73 Å². The van der Waals surface area contributed by atoms with Gasteiger partial charge in [0.25, 0.3) is 0 Å². The molecule has 0 saturated heterocycles. The fourth-order valence-corrected chi connectivity index (χ4v) is 1.61. The van der Waals surface area contributed by atoms with Crippen molar-refractivity contribution in [1.29, 1.82) is 0 Å². The normalized spacial score (nSPS) is 13.6. The summed E-state index contributed by atoms with van der Waals surface area (Å²) in [6.07, 6.45) is -3.76. The van der Waals surface area contributed by atoms with Crippen LogP contribution in [0.3, 0.4) is 0 Å². The van der Waals surface area contributed by atoms with Gasteiger partial charge >= 0.3 is 6.36 Å². The Balaban J connectivity index is 2.48. The molecule has 0 radical (unpaired) electrons. The van der Waals surface area contributed by atoms with Gasteiger partial charge in [0.1, 0.15) is 5.75 Å². The number of alkyl halides is 3. The van der Waals surface area contributed by atoms with Crippen LogP contribution in [0.1, 0.15) is 18.9 Å². The van der Waals surface area contributed by atoms with Crippen LogP contribution in [0.5, 0.6) is 5.75 Å². The summed E-state index contributed by atoms with van der Waals surface area (Å²) in [6, 6.07) is 6.04. The van der Waals surface area contributed by atoms with E-state index < -0.39 is 6.36 Å². The highest BCUT2D eigenvalue weighted by Gasteiger charge is 2.30. The molecule has 1 unspecified atom stereocenters. The Morgan fingerprint density at radius 3 is 2.32 bits per heavy atom. The van der Waals surface area contributed by atoms with Gasteiger partial charge in [-0.15, -0.1) is 13.2 Å². The molecule has 2 N–H and O–H groups in total. The molecular formula is C13H19F3N2O. The molecule has 0 aliphatic heterocycles. The minimum Gasteiger partial charge on any atom is -0.406 e. The fourth-order valence-electron chi connectivity index (χ4n) is 1.61. The Morgan fingerprint density at radius 2 is 1.84 bits per heavy atom. The zero-order chi connectivity index (χ0) is 14.5. The zero-order valence-corrected chi connectivity index (χ0v) is 11.1. The summed E-state index contributed by atoms with van der Waals surface area (Å²) in [5, 5.41) is 0. The first-order chi connectivity index (χ1) is 8.76. The molecule has 0 aliphatic carbocycles. The van der Waals surface area contributed by atoms with Crippen molar-refractivity contribution >= 4 is 0 Å². The molecule has 0 bridgehead atoms. The van der Waals surface area contributed by atoms with E-state index in [-0.39, 0.29) is 11.8 Å². The van der Waals surface area contributed by atoms with Crippen molar-refractivity contribution in [3.63, 3.8) is 0 Å². The second-order valence-corrected chi connectivity index (χ2v) is 4.70. The van der Waals surface area contributed by atoms with Crippen molar-refractivity contribution in [3.05, 3.63) is 29.8 Å². The Bertz CT molecular complexity index is 376. The number of hydrogen-bond donors (Lipinski definition) is 1. The minimum absolute atomic E-state index is 0.144. The van der Waals surface area contributed by atoms with Crippen LogP contribution in [0.2, 0.25) is 0 Å². The molecule has 1 aromatic rings. The third kappa shape index (κ3) is 7.03. The lowest BCUT2D eigenvalue weighted by atomic mass is 10.2. The van der Waals surface area contributed by atoms with E-state index in [1.54, 1.807) is 12.1 Å². The van der Waals surface area contributed by atoms with Crippen molar-refractivity contribution in [2.75, 3.05) is 13.6 Å². The van der Waals surface area contributed by atoms with Gasteiger partial charge in [0, 0.05) is 12.6 Å². The summed E-state index contributed by atoms with van der Waals surface area (Å²) >= 11 is 0. The number of hydrogen-bond acceptors (Lipinski definition) is 3. The van der Waals surface area contributed by atoms with E-state index in [1.165, 1.54) is 12.1 Å². The van der Waals surface area contributed by atoms with Crippen LogP contribution in [-0.4, -0.2) is 30.9 Å². The first-order valence-electron chi connectivity index (χ1n) is 6.05. The van der Waals surface area contributed by atoms with E-state index in [0.717, 1.165) is 18.5 Å². The lowest BCUT2D eigenvalue weighted by Crippen LogP contribution is -2.25. The summed E-state index contributed by atoms with van der Waals surface area (Å²) in [4.78, 5) is 2.07. The molecule has 0 saturated carbocycles. The van der Waals surface area contributed by atoms with Crippen LogP contribution in [0.25, 0.3) is 0 Å². The van der Waals surface area contributed by atoms with Crippen LogP contribution in [0.15, 0.2) is 24.3 Å². The summed E-state index contributed by atoms with van der Waals surface area (Å²) in [5.74, 6) is -0.200. The molecule has 1 aromatic carbocycles. The Hall–Kier alpha value is -1.27. The molecule has 108 valence electrons. The SMILES string of the molecule is CC(N)CCN(C)Cc1ccc(OC(F)(F)F)cc1. The Labute approximate surface area is 111 Å². The van der Waals surface area contributed by atoms with Crippen molar-refractivity contribution < 1.29 is 17.9 Å². The van der Waals surface area contributed by atoms with E-state index in [0.29, 0.717) is 6.54 Å². The van der Waals surface area contributed by atoms with Gasteiger partial charge in [-0.2, -0.15) is 0 Å². The predicted octanol–water partition coefficient (Wildman–Crippen LogP) is 2.75. The fraction of sp³-hybridized carbons (Fsp3) is 0.538. The monoisotopic (exact) mass is 276 g/mol. The summed E-state index contributed by atoms with van der Waals surface area (Å²) in [7, 11) is 1.95. The Morgan fingerprint density at radius 1 is 1.26 bits per heavy atom. The van der Waals surface area contributed by atoms with Crippen LogP contribution in [0.4, 0.5) is 13.2 Å². The van der Waals surface area contributed by atoms with Crippen LogP contribution < -0.4 is 10.5 Å². The second kappa shape index (κ2) is 6.77. The Kier molecular flexibility index (Phi) is 5.62. The van der Waals surface area contributed by atoms with Crippen LogP contribution in [-0.2, 0) is 6.54 Å². The van der Waals surface area contributed by atoms with E-state index >= 15 is 0 Å². The first kappa shape index (κ1) is 15.8. The van der Waals surface area contributed by atoms with Gasteiger partial charge in [0.15, 0.2) is 0 Å². The lowest BCUT2D eigenvalue weighted by Gasteiger charge is -2.18. The number of ether oxygens (including phenoxy) is 1. The van der Waals surface area contributed by atoms with E-state index in [1.807, 2.05) is 14.0 Å². The largest absolute Gasteiger partial charge is 0.573 e. The van der Waals surface area contributed by atoms with Gasteiger partial charge in [-0.05, 0) is 44.6 Å². The molecule has 3 nitrogen and oxygen atoms in total. The van der Waals surface area contributed by atoms with Gasteiger partial charge in [0.2, 0.25) is 0 Å². The molecule has 0 aliphatic rings. The number of benzene rings is 1. The smallest absolute Gasteiger partial charge is 0.406 e. The average molecular weight is 276 g/mol. The third-order valence-electron chi connectivity index (χ3n) is 2.58.